The van der Waals surface area contributed by atoms with Crippen molar-refractivity contribution < 1.29 is 19.8 Å². The van der Waals surface area contributed by atoms with Gasteiger partial charge in [-0.1, -0.05) is 19.1 Å². The Morgan fingerprint density at radius 2 is 1.63 bits per heavy atom. The van der Waals surface area contributed by atoms with Gasteiger partial charge >= 0.3 is 0 Å². The number of nitrogens with one attached hydrogen (secondary N) is 2. The van der Waals surface area contributed by atoms with Crippen LogP contribution in [0, 0.1) is 10.8 Å². The van der Waals surface area contributed by atoms with Gasteiger partial charge in [-0.15, -0.1) is 4.91 Å². The lowest BCUT2D eigenvalue weighted by Gasteiger charge is -2.21. The summed E-state index contributed by atoms with van der Waals surface area (Å²) in [5.41, 5.74) is 3.04. The molecule has 0 radical (unpaired) electrons. The van der Waals surface area contributed by atoms with Crippen LogP contribution in [0.1, 0.15) is 25.0 Å². The van der Waals surface area contributed by atoms with E-state index >= 15 is 0 Å². The molecule has 0 aliphatic carbocycles. The maximum atomic E-state index is 12.6. The van der Waals surface area contributed by atoms with Crippen LogP contribution in [-0.4, -0.2) is 40.7 Å². The van der Waals surface area contributed by atoms with Crippen molar-refractivity contribution in [2.24, 2.45) is 11.1 Å². The quantitative estimate of drug-likeness (QED) is 0.563. The van der Waals surface area contributed by atoms with Crippen LogP contribution >= 0.6 is 0 Å². The van der Waals surface area contributed by atoms with E-state index < -0.39 is 23.9 Å². The summed E-state index contributed by atoms with van der Waals surface area (Å²) in [4.78, 5) is 36.3. The summed E-state index contributed by atoms with van der Waals surface area (Å²) in [7, 11) is 0. The van der Waals surface area contributed by atoms with E-state index in [0.717, 1.165) is 11.1 Å². The SMILES string of the molecule is CC1Cc2cc(ccc2N=O)-c2ccc(O)c(c2)CC(CO)NC(=O)[C@H](C)NC1=O. The standard InChI is InChI=1S/C22H25N3O5/c1-12-7-16-8-14(3-5-19(16)25-30)15-4-6-20(27)17(9-15)10-18(11-26)24-22(29)13(2)23-21(12)28/h3-6,8-9,12-13,18,26-27H,7,10-11H2,1-2H3,(H,23,28)(H,24,29)/t12?,13-,18?/m0/s1. The lowest BCUT2D eigenvalue weighted by Crippen LogP contribution is -2.50. The van der Waals surface area contributed by atoms with Crippen LogP contribution in [0.15, 0.2) is 41.6 Å². The Bertz CT molecular complexity index is 975. The third-order valence-corrected chi connectivity index (χ3v) is 5.35. The summed E-state index contributed by atoms with van der Waals surface area (Å²) in [6.45, 7) is 2.95. The number of carbonyl (C=O) groups is 2. The summed E-state index contributed by atoms with van der Waals surface area (Å²) in [5.74, 6) is -1.20. The molecule has 3 atom stereocenters. The van der Waals surface area contributed by atoms with Gasteiger partial charge in [0.25, 0.3) is 0 Å². The number of hydrogen-bond donors (Lipinski definition) is 4. The van der Waals surface area contributed by atoms with Gasteiger partial charge in [0.15, 0.2) is 0 Å². The fourth-order valence-electron chi connectivity index (χ4n) is 3.54. The van der Waals surface area contributed by atoms with Crippen LogP contribution in [0.3, 0.4) is 0 Å². The highest BCUT2D eigenvalue weighted by Crippen LogP contribution is 2.31. The van der Waals surface area contributed by atoms with E-state index in [1.165, 1.54) is 0 Å². The number of hydrogen-bond acceptors (Lipinski definition) is 6. The predicted molar refractivity (Wildman–Crippen MR) is 112 cm³/mol. The highest BCUT2D eigenvalue weighted by Gasteiger charge is 2.24. The first kappa shape index (κ1) is 21.4. The summed E-state index contributed by atoms with van der Waals surface area (Å²) >= 11 is 0. The van der Waals surface area contributed by atoms with Crippen LogP contribution in [0.25, 0.3) is 11.1 Å². The minimum absolute atomic E-state index is 0.0529. The average molecular weight is 411 g/mol. The van der Waals surface area contributed by atoms with Crippen molar-refractivity contribution in [2.75, 3.05) is 6.61 Å². The van der Waals surface area contributed by atoms with E-state index in [1.54, 1.807) is 44.2 Å². The second-order valence-electron chi connectivity index (χ2n) is 7.71. The van der Waals surface area contributed by atoms with Crippen molar-refractivity contribution in [3.8, 4) is 16.9 Å². The minimum Gasteiger partial charge on any atom is -0.508 e. The van der Waals surface area contributed by atoms with Crippen LogP contribution in [0.5, 0.6) is 5.75 Å². The lowest BCUT2D eigenvalue weighted by molar-refractivity contribution is -0.130. The van der Waals surface area contributed by atoms with Crippen molar-refractivity contribution in [3.05, 3.63) is 52.4 Å². The van der Waals surface area contributed by atoms with Gasteiger partial charge in [0, 0.05) is 5.92 Å². The molecule has 8 nitrogen and oxygen atoms in total. The number of amides is 2. The molecule has 2 aromatic carbocycles. The van der Waals surface area contributed by atoms with E-state index in [4.69, 9.17) is 0 Å². The molecule has 2 aromatic rings. The summed E-state index contributed by atoms with van der Waals surface area (Å²) in [5, 5.41) is 28.4. The van der Waals surface area contributed by atoms with E-state index in [0.29, 0.717) is 11.1 Å². The number of carbonyl (C=O) groups excluding carboxylic acids is 2. The largest absolute Gasteiger partial charge is 0.508 e. The number of phenolic OH excluding ortho intramolecular Hbond substituents is 1. The molecule has 1 heterocycles. The Hall–Kier alpha value is -3.26. The zero-order valence-corrected chi connectivity index (χ0v) is 16.9. The van der Waals surface area contributed by atoms with Gasteiger partial charge in [-0.05, 0) is 71.5 Å². The number of benzene rings is 2. The Labute approximate surface area is 174 Å². The number of aromatic hydroxyl groups is 1. The minimum atomic E-state index is -0.811. The van der Waals surface area contributed by atoms with Crippen LogP contribution in [0.4, 0.5) is 5.69 Å². The fourth-order valence-corrected chi connectivity index (χ4v) is 3.54. The monoisotopic (exact) mass is 411 g/mol. The molecule has 2 unspecified atom stereocenters. The second kappa shape index (κ2) is 9.04. The van der Waals surface area contributed by atoms with Gasteiger partial charge < -0.3 is 20.8 Å². The van der Waals surface area contributed by atoms with Gasteiger partial charge in [0.05, 0.1) is 12.6 Å². The zero-order chi connectivity index (χ0) is 21.8. The maximum absolute atomic E-state index is 12.6. The molecule has 30 heavy (non-hydrogen) atoms. The molecule has 0 saturated heterocycles. The summed E-state index contributed by atoms with van der Waals surface area (Å²) < 4.78 is 0. The lowest BCUT2D eigenvalue weighted by atomic mass is 9.93. The van der Waals surface area contributed by atoms with Gasteiger partial charge in [-0.3, -0.25) is 9.59 Å². The first-order valence-corrected chi connectivity index (χ1v) is 9.82. The van der Waals surface area contributed by atoms with Crippen LogP contribution < -0.4 is 10.6 Å². The van der Waals surface area contributed by atoms with E-state index in [1.807, 2.05) is 6.07 Å². The molecule has 0 fully saturated rings. The fraction of sp³-hybridized carbons (Fsp3) is 0.364. The molecule has 158 valence electrons. The first-order chi connectivity index (χ1) is 14.3. The molecule has 1 aliphatic rings. The molecule has 8 heteroatoms. The predicted octanol–water partition coefficient (Wildman–Crippen LogP) is 2.17. The van der Waals surface area contributed by atoms with Crippen molar-refractivity contribution >= 4 is 17.5 Å². The van der Waals surface area contributed by atoms with Crippen molar-refractivity contribution in [1.82, 2.24) is 10.6 Å². The first-order valence-electron chi connectivity index (χ1n) is 9.82. The highest BCUT2D eigenvalue weighted by molar-refractivity contribution is 5.88. The van der Waals surface area contributed by atoms with Gasteiger partial charge in [0.2, 0.25) is 11.8 Å². The molecule has 2 amide bonds. The van der Waals surface area contributed by atoms with Crippen LogP contribution in [-0.2, 0) is 22.4 Å². The number of aliphatic hydroxyl groups excluding tert-OH is 1. The zero-order valence-electron chi connectivity index (χ0n) is 16.9. The summed E-state index contributed by atoms with van der Waals surface area (Å²) in [6, 6.07) is 8.83. The number of fused-ring (bicyclic) bond motifs is 5. The van der Waals surface area contributed by atoms with Crippen molar-refractivity contribution in [1.29, 1.82) is 0 Å². The normalized spacial score (nSPS) is 22.3. The van der Waals surface area contributed by atoms with E-state index in [9.17, 15) is 24.7 Å². The molecular formula is C22H25N3O5. The van der Waals surface area contributed by atoms with Crippen molar-refractivity contribution in [3.63, 3.8) is 0 Å². The van der Waals surface area contributed by atoms with E-state index in [2.05, 4.69) is 15.8 Å². The molecule has 0 saturated carbocycles. The second-order valence-corrected chi connectivity index (χ2v) is 7.71. The third-order valence-electron chi connectivity index (χ3n) is 5.35. The molecule has 3 rings (SSSR count). The average Bonchev–Trinajstić information content (AvgIpc) is 2.73. The molecule has 1 aliphatic heterocycles. The molecule has 4 N–H and O–H groups in total. The van der Waals surface area contributed by atoms with Crippen molar-refractivity contribution in [2.45, 2.75) is 38.8 Å². The Balaban J connectivity index is 2.10. The molecule has 4 bridgehead atoms. The number of aliphatic hydroxyl groups is 1. The Kier molecular flexibility index (Phi) is 6.47. The number of phenols is 1. The topological polar surface area (TPSA) is 128 Å². The number of rotatable bonds is 2. The Morgan fingerprint density at radius 1 is 0.967 bits per heavy atom. The molecule has 0 spiro atoms. The van der Waals surface area contributed by atoms with Gasteiger partial charge in [-0.2, -0.15) is 0 Å². The highest BCUT2D eigenvalue weighted by atomic mass is 16.3. The summed E-state index contributed by atoms with van der Waals surface area (Å²) in [6.07, 6.45) is 0.485. The number of nitroso groups, excluding NO2 is 1. The number of nitrogens with zero attached hydrogens (tertiary/aromatic N) is 1. The van der Waals surface area contributed by atoms with Crippen LogP contribution in [0.2, 0.25) is 0 Å². The Morgan fingerprint density at radius 3 is 2.30 bits per heavy atom. The third kappa shape index (κ3) is 4.65. The van der Waals surface area contributed by atoms with E-state index in [-0.39, 0.29) is 36.8 Å². The van der Waals surface area contributed by atoms with Gasteiger partial charge in [-0.25, -0.2) is 0 Å². The van der Waals surface area contributed by atoms with Gasteiger partial charge in [0.1, 0.15) is 17.5 Å². The maximum Gasteiger partial charge on any atom is 0.242 e. The molecular weight excluding hydrogens is 386 g/mol. The smallest absolute Gasteiger partial charge is 0.242 e. The molecule has 0 aromatic heterocycles.